The minimum absolute atomic E-state index is 0. The molecule has 1 fully saturated rings. The summed E-state index contributed by atoms with van der Waals surface area (Å²) in [6.45, 7) is 0.178. The molecule has 0 bridgehead atoms. The van der Waals surface area contributed by atoms with Gasteiger partial charge in [-0.05, 0) is 96.3 Å². The predicted octanol–water partition coefficient (Wildman–Crippen LogP) is 8.93. The van der Waals surface area contributed by atoms with E-state index in [1.807, 2.05) is 42.5 Å². The van der Waals surface area contributed by atoms with Crippen LogP contribution in [0, 0.1) is 0 Å². The molecule has 1 aliphatic carbocycles. The Morgan fingerprint density at radius 2 is 1.44 bits per heavy atom. The van der Waals surface area contributed by atoms with Gasteiger partial charge in [0.1, 0.15) is 18.2 Å². The molecule has 220 valence electrons. The molecule has 0 unspecified atom stereocenters. The van der Waals surface area contributed by atoms with Gasteiger partial charge in [0.15, 0.2) is 0 Å². The molecule has 43 heavy (non-hydrogen) atoms. The van der Waals surface area contributed by atoms with Gasteiger partial charge in [-0.25, -0.2) is 14.6 Å². The van der Waals surface area contributed by atoms with E-state index in [1.165, 1.54) is 6.42 Å². The molecule has 0 atom stereocenters. The van der Waals surface area contributed by atoms with Gasteiger partial charge in [-0.1, -0.05) is 49.1 Å². The standard InChI is InChI=1S/C34H29ClN2O5.ClH/c35-26-12-6-21(7-13-26)29-16-10-23(33(38)39)18-25(29)20-42-28-14-8-22(9-15-28)32-36-30-19-24(34(40)41)11-17-31(30)37(32)27-4-2-1-3-5-27;/h6-19,27H,1-5,20H2,(H,38,39)(H,40,41);1H. The first kappa shape index (κ1) is 30.1. The number of carboxylic acids is 2. The van der Waals surface area contributed by atoms with Gasteiger partial charge >= 0.3 is 11.9 Å². The molecule has 0 amide bonds. The molecule has 1 heterocycles. The van der Waals surface area contributed by atoms with E-state index in [0.29, 0.717) is 22.3 Å². The summed E-state index contributed by atoms with van der Waals surface area (Å²) in [5.41, 5.74) is 5.46. The van der Waals surface area contributed by atoms with E-state index in [0.717, 1.165) is 59.3 Å². The summed E-state index contributed by atoms with van der Waals surface area (Å²) in [6.07, 6.45) is 5.66. The smallest absolute Gasteiger partial charge is 0.335 e. The molecule has 4 aromatic carbocycles. The molecule has 7 nitrogen and oxygen atoms in total. The van der Waals surface area contributed by atoms with Crippen molar-refractivity contribution < 1.29 is 24.5 Å². The number of hydrogen-bond acceptors (Lipinski definition) is 4. The maximum Gasteiger partial charge on any atom is 0.335 e. The van der Waals surface area contributed by atoms with E-state index in [1.54, 1.807) is 42.5 Å². The molecule has 0 spiro atoms. The van der Waals surface area contributed by atoms with Crippen molar-refractivity contribution in [1.29, 1.82) is 0 Å². The van der Waals surface area contributed by atoms with Gasteiger partial charge in [-0.2, -0.15) is 0 Å². The largest absolute Gasteiger partial charge is 0.489 e. The second-order valence-electron chi connectivity index (χ2n) is 10.6. The summed E-state index contributed by atoms with van der Waals surface area (Å²) < 4.78 is 8.41. The Morgan fingerprint density at radius 3 is 2.12 bits per heavy atom. The third kappa shape index (κ3) is 6.38. The Bertz CT molecular complexity index is 1780. The highest BCUT2D eigenvalue weighted by atomic mass is 35.5. The molecule has 1 saturated carbocycles. The van der Waals surface area contributed by atoms with Crippen LogP contribution >= 0.6 is 24.0 Å². The molecule has 2 N–H and O–H groups in total. The molecule has 5 aromatic rings. The number of hydrogen-bond donors (Lipinski definition) is 2. The molecule has 0 aliphatic heterocycles. The average molecular weight is 618 g/mol. The normalized spacial score (nSPS) is 13.4. The van der Waals surface area contributed by atoms with Gasteiger partial charge in [0.05, 0.1) is 22.2 Å². The van der Waals surface area contributed by atoms with Crippen molar-refractivity contribution in [2.24, 2.45) is 0 Å². The minimum Gasteiger partial charge on any atom is -0.489 e. The fraction of sp³-hybridized carbons (Fsp3) is 0.206. The molecule has 6 rings (SSSR count). The van der Waals surface area contributed by atoms with Crippen LogP contribution in [0.5, 0.6) is 5.75 Å². The van der Waals surface area contributed by atoms with E-state index in [9.17, 15) is 19.8 Å². The number of carboxylic acid groups (broad SMARTS) is 2. The number of carbonyl (C=O) groups is 2. The van der Waals surface area contributed by atoms with Crippen molar-refractivity contribution in [3.8, 4) is 28.3 Å². The van der Waals surface area contributed by atoms with Crippen molar-refractivity contribution in [2.75, 3.05) is 0 Å². The fourth-order valence-corrected chi connectivity index (χ4v) is 5.89. The van der Waals surface area contributed by atoms with Crippen LogP contribution < -0.4 is 4.74 Å². The Kier molecular flexibility index (Phi) is 9.04. The zero-order valence-electron chi connectivity index (χ0n) is 23.2. The number of aromatic nitrogens is 2. The number of halogens is 2. The van der Waals surface area contributed by atoms with Crippen molar-refractivity contribution in [1.82, 2.24) is 9.55 Å². The Hall–Kier alpha value is -4.33. The van der Waals surface area contributed by atoms with E-state index < -0.39 is 11.9 Å². The number of benzene rings is 4. The lowest BCUT2D eigenvalue weighted by atomic mass is 9.95. The van der Waals surface area contributed by atoms with Crippen molar-refractivity contribution >= 4 is 47.0 Å². The fourth-order valence-electron chi connectivity index (χ4n) is 5.76. The Balaban J connectivity index is 0.00000368. The quantitative estimate of drug-likeness (QED) is 0.180. The Labute approximate surface area is 260 Å². The van der Waals surface area contributed by atoms with Gasteiger partial charge < -0.3 is 19.5 Å². The summed E-state index contributed by atoms with van der Waals surface area (Å²) in [5, 5.41) is 19.7. The number of rotatable bonds is 8. The van der Waals surface area contributed by atoms with Gasteiger partial charge in [0.25, 0.3) is 0 Å². The third-order valence-electron chi connectivity index (χ3n) is 7.89. The molecule has 0 radical (unpaired) electrons. The van der Waals surface area contributed by atoms with Crippen LogP contribution in [-0.2, 0) is 6.61 Å². The van der Waals surface area contributed by atoms with Gasteiger partial charge in [-0.15, -0.1) is 12.4 Å². The summed E-state index contributed by atoms with van der Waals surface area (Å²) in [5.74, 6) is -0.528. The van der Waals surface area contributed by atoms with Gasteiger partial charge in [-0.3, -0.25) is 0 Å². The number of aromatic carboxylic acids is 2. The molecule has 1 aromatic heterocycles. The molecular weight excluding hydrogens is 587 g/mol. The molecule has 0 saturated heterocycles. The van der Waals surface area contributed by atoms with E-state index in [4.69, 9.17) is 21.3 Å². The first-order valence-corrected chi connectivity index (χ1v) is 14.4. The van der Waals surface area contributed by atoms with Gasteiger partial charge in [0.2, 0.25) is 0 Å². The minimum atomic E-state index is -1.00. The van der Waals surface area contributed by atoms with Crippen LogP contribution in [0.2, 0.25) is 5.02 Å². The third-order valence-corrected chi connectivity index (χ3v) is 8.14. The lowest BCUT2D eigenvalue weighted by Crippen LogP contribution is -2.14. The van der Waals surface area contributed by atoms with E-state index in [2.05, 4.69) is 4.57 Å². The maximum atomic E-state index is 11.7. The zero-order valence-corrected chi connectivity index (χ0v) is 24.8. The number of nitrogens with zero attached hydrogens (tertiary/aromatic N) is 2. The highest BCUT2D eigenvalue weighted by Crippen LogP contribution is 2.37. The second-order valence-corrected chi connectivity index (χ2v) is 11.0. The second kappa shape index (κ2) is 12.9. The Morgan fingerprint density at radius 1 is 0.814 bits per heavy atom. The van der Waals surface area contributed by atoms with Crippen LogP contribution in [0.25, 0.3) is 33.5 Å². The topological polar surface area (TPSA) is 102 Å². The van der Waals surface area contributed by atoms with Crippen LogP contribution in [-0.4, -0.2) is 31.7 Å². The van der Waals surface area contributed by atoms with Crippen LogP contribution in [0.3, 0.4) is 0 Å². The average Bonchev–Trinajstić information content (AvgIpc) is 3.40. The lowest BCUT2D eigenvalue weighted by molar-refractivity contribution is 0.0686. The predicted molar refractivity (Wildman–Crippen MR) is 170 cm³/mol. The van der Waals surface area contributed by atoms with Gasteiger partial charge in [0, 0.05) is 16.6 Å². The zero-order chi connectivity index (χ0) is 29.2. The molecular formula is C34H30Cl2N2O5. The number of imidazole rings is 1. The first-order valence-electron chi connectivity index (χ1n) is 14.0. The van der Waals surface area contributed by atoms with Crippen molar-refractivity contribution in [2.45, 2.75) is 44.8 Å². The number of ether oxygens (including phenoxy) is 1. The van der Waals surface area contributed by atoms with Crippen LogP contribution in [0.4, 0.5) is 0 Å². The summed E-state index contributed by atoms with van der Waals surface area (Å²) >= 11 is 6.07. The highest BCUT2D eigenvalue weighted by molar-refractivity contribution is 6.30. The van der Waals surface area contributed by atoms with E-state index >= 15 is 0 Å². The lowest BCUT2D eigenvalue weighted by Gasteiger charge is -2.25. The van der Waals surface area contributed by atoms with Crippen LogP contribution in [0.15, 0.2) is 84.9 Å². The maximum absolute atomic E-state index is 11.7. The highest BCUT2D eigenvalue weighted by Gasteiger charge is 2.23. The molecule has 9 heteroatoms. The van der Waals surface area contributed by atoms with Crippen molar-refractivity contribution in [3.63, 3.8) is 0 Å². The van der Waals surface area contributed by atoms with Crippen molar-refractivity contribution in [3.05, 3.63) is 107 Å². The first-order chi connectivity index (χ1) is 20.4. The molecule has 1 aliphatic rings. The number of fused-ring (bicyclic) bond motifs is 1. The van der Waals surface area contributed by atoms with E-state index in [-0.39, 0.29) is 30.1 Å². The summed E-state index contributed by atoms with van der Waals surface area (Å²) in [7, 11) is 0. The summed E-state index contributed by atoms with van der Waals surface area (Å²) in [4.78, 5) is 28.1. The van der Waals surface area contributed by atoms with Crippen LogP contribution in [0.1, 0.15) is 64.4 Å². The SMILES string of the molecule is Cl.O=C(O)c1ccc(-c2ccc(Cl)cc2)c(COc2ccc(-c3nc4cc(C(=O)O)ccc4n3C3CCCCC3)cc2)c1. The summed E-state index contributed by atoms with van der Waals surface area (Å²) in [6, 6.07) is 25.5. The monoisotopic (exact) mass is 616 g/mol.